The summed E-state index contributed by atoms with van der Waals surface area (Å²) in [6, 6.07) is 0. The number of rotatable bonds is 4. The van der Waals surface area contributed by atoms with Gasteiger partial charge in [-0.2, -0.15) is 0 Å². The zero-order chi connectivity index (χ0) is 10.6. The third-order valence-electron chi connectivity index (χ3n) is 2.43. The standard InChI is InChI=1S/C11H17IO2/c1-3-4-5-6-9(12)11-8(2)7-10(13)14-11/h6,8,11H,3-5,7H2,1-2H3/b9-6-/t8-,11-/m0/s1. The maximum absolute atomic E-state index is 11.0. The Morgan fingerprint density at radius 1 is 1.71 bits per heavy atom. The minimum Gasteiger partial charge on any atom is -0.457 e. The molecule has 0 bridgehead atoms. The van der Waals surface area contributed by atoms with Gasteiger partial charge in [-0.1, -0.05) is 32.8 Å². The first-order valence-electron chi connectivity index (χ1n) is 5.20. The third-order valence-corrected chi connectivity index (χ3v) is 3.49. The summed E-state index contributed by atoms with van der Waals surface area (Å²) in [6.07, 6.45) is 6.31. The Bertz CT molecular complexity index is 235. The molecule has 80 valence electrons. The van der Waals surface area contributed by atoms with Crippen LogP contribution in [0.25, 0.3) is 0 Å². The molecule has 1 heterocycles. The van der Waals surface area contributed by atoms with Crippen LogP contribution in [-0.4, -0.2) is 12.1 Å². The molecule has 2 nitrogen and oxygen atoms in total. The molecule has 0 aromatic rings. The minimum atomic E-state index is -0.0550. The molecule has 14 heavy (non-hydrogen) atoms. The summed E-state index contributed by atoms with van der Waals surface area (Å²) in [5.41, 5.74) is 0. The zero-order valence-corrected chi connectivity index (χ0v) is 10.9. The highest BCUT2D eigenvalue weighted by Crippen LogP contribution is 2.30. The highest BCUT2D eigenvalue weighted by Gasteiger charge is 2.32. The number of hydrogen-bond acceptors (Lipinski definition) is 2. The van der Waals surface area contributed by atoms with Crippen LogP contribution in [0.2, 0.25) is 0 Å². The Morgan fingerprint density at radius 3 is 2.93 bits per heavy atom. The molecule has 0 spiro atoms. The predicted octanol–water partition coefficient (Wildman–Crippen LogP) is 3.45. The summed E-state index contributed by atoms with van der Waals surface area (Å²) < 4.78 is 6.44. The van der Waals surface area contributed by atoms with Gasteiger partial charge in [0.2, 0.25) is 0 Å². The monoisotopic (exact) mass is 308 g/mol. The van der Waals surface area contributed by atoms with Crippen molar-refractivity contribution in [3.63, 3.8) is 0 Å². The predicted molar refractivity (Wildman–Crippen MR) is 65.3 cm³/mol. The van der Waals surface area contributed by atoms with Gasteiger partial charge < -0.3 is 4.74 Å². The smallest absolute Gasteiger partial charge is 0.306 e. The van der Waals surface area contributed by atoms with Gasteiger partial charge in [0, 0.05) is 9.50 Å². The van der Waals surface area contributed by atoms with Crippen molar-refractivity contribution in [2.45, 2.75) is 45.6 Å². The van der Waals surface area contributed by atoms with E-state index in [0.29, 0.717) is 12.3 Å². The lowest BCUT2D eigenvalue weighted by molar-refractivity contribution is -0.140. The molecule has 1 saturated heterocycles. The Labute approximate surface area is 99.2 Å². The van der Waals surface area contributed by atoms with Crippen molar-refractivity contribution in [1.29, 1.82) is 0 Å². The van der Waals surface area contributed by atoms with E-state index >= 15 is 0 Å². The van der Waals surface area contributed by atoms with Crippen molar-refractivity contribution in [2.24, 2.45) is 5.92 Å². The number of esters is 1. The lowest BCUT2D eigenvalue weighted by atomic mass is 10.0. The lowest BCUT2D eigenvalue weighted by Gasteiger charge is -2.12. The van der Waals surface area contributed by atoms with Crippen LogP contribution in [0.15, 0.2) is 9.66 Å². The van der Waals surface area contributed by atoms with E-state index in [1.54, 1.807) is 0 Å². The largest absolute Gasteiger partial charge is 0.457 e. The molecule has 3 heteroatoms. The third kappa shape index (κ3) is 3.26. The van der Waals surface area contributed by atoms with Crippen LogP contribution in [0.3, 0.4) is 0 Å². The van der Waals surface area contributed by atoms with Crippen LogP contribution in [0.5, 0.6) is 0 Å². The van der Waals surface area contributed by atoms with E-state index in [9.17, 15) is 4.79 Å². The molecule has 0 amide bonds. The maximum atomic E-state index is 11.0. The molecule has 0 unspecified atom stereocenters. The topological polar surface area (TPSA) is 26.3 Å². The van der Waals surface area contributed by atoms with Crippen LogP contribution in [-0.2, 0) is 9.53 Å². The number of allylic oxidation sites excluding steroid dienone is 1. The van der Waals surface area contributed by atoms with E-state index in [2.05, 4.69) is 42.5 Å². The molecule has 1 aliphatic rings. The Hall–Kier alpha value is -0.0600. The summed E-state index contributed by atoms with van der Waals surface area (Å²) in [6.45, 7) is 4.25. The summed E-state index contributed by atoms with van der Waals surface area (Å²) in [4.78, 5) is 11.0. The number of ether oxygens (including phenoxy) is 1. The first kappa shape index (κ1) is 12.0. The fourth-order valence-electron chi connectivity index (χ4n) is 1.56. The SMILES string of the molecule is CCCC/C=C(\I)[C@H]1OC(=O)C[C@@H]1C. The number of cyclic esters (lactones) is 1. The van der Waals surface area contributed by atoms with Gasteiger partial charge in [-0.25, -0.2) is 0 Å². The highest BCUT2D eigenvalue weighted by atomic mass is 127. The lowest BCUT2D eigenvalue weighted by Crippen LogP contribution is -2.13. The van der Waals surface area contributed by atoms with Crippen molar-refractivity contribution < 1.29 is 9.53 Å². The second-order valence-corrected chi connectivity index (χ2v) is 5.07. The van der Waals surface area contributed by atoms with Crippen molar-refractivity contribution in [2.75, 3.05) is 0 Å². The van der Waals surface area contributed by atoms with E-state index in [1.807, 2.05) is 0 Å². The number of hydrogen-bond donors (Lipinski definition) is 0. The summed E-state index contributed by atoms with van der Waals surface area (Å²) >= 11 is 2.29. The first-order valence-corrected chi connectivity index (χ1v) is 6.28. The van der Waals surface area contributed by atoms with Gasteiger partial charge in [-0.05, 0) is 29.0 Å². The Balaban J connectivity index is 2.47. The van der Waals surface area contributed by atoms with E-state index in [4.69, 9.17) is 4.74 Å². The Morgan fingerprint density at radius 2 is 2.43 bits per heavy atom. The molecule has 0 aromatic carbocycles. The highest BCUT2D eigenvalue weighted by molar-refractivity contribution is 14.1. The van der Waals surface area contributed by atoms with E-state index in [-0.39, 0.29) is 12.1 Å². The number of unbranched alkanes of at least 4 members (excludes halogenated alkanes) is 2. The van der Waals surface area contributed by atoms with Crippen LogP contribution in [0.1, 0.15) is 39.5 Å². The zero-order valence-electron chi connectivity index (χ0n) is 8.75. The molecule has 0 radical (unpaired) electrons. The quantitative estimate of drug-likeness (QED) is 0.452. The molecule has 0 saturated carbocycles. The van der Waals surface area contributed by atoms with Crippen LogP contribution in [0.4, 0.5) is 0 Å². The second kappa shape index (κ2) is 5.73. The molecule has 1 aliphatic heterocycles. The van der Waals surface area contributed by atoms with Gasteiger partial charge >= 0.3 is 5.97 Å². The number of halogens is 1. The normalized spacial score (nSPS) is 27.9. The average molecular weight is 308 g/mol. The van der Waals surface area contributed by atoms with Gasteiger partial charge in [-0.3, -0.25) is 4.79 Å². The van der Waals surface area contributed by atoms with Gasteiger partial charge in [0.1, 0.15) is 6.10 Å². The molecular formula is C11H17IO2. The second-order valence-electron chi connectivity index (χ2n) is 3.82. The molecule has 1 fully saturated rings. The molecular weight excluding hydrogens is 291 g/mol. The molecule has 0 aromatic heterocycles. The maximum Gasteiger partial charge on any atom is 0.306 e. The van der Waals surface area contributed by atoms with Crippen molar-refractivity contribution in [3.8, 4) is 0 Å². The number of carbonyl (C=O) groups excluding carboxylic acids is 1. The van der Waals surface area contributed by atoms with Gasteiger partial charge in [0.25, 0.3) is 0 Å². The van der Waals surface area contributed by atoms with Gasteiger partial charge in [0.05, 0.1) is 6.42 Å². The van der Waals surface area contributed by atoms with Crippen LogP contribution < -0.4 is 0 Å². The summed E-state index contributed by atoms with van der Waals surface area (Å²) in [7, 11) is 0. The Kier molecular flexibility index (Phi) is 4.92. The van der Waals surface area contributed by atoms with E-state index in [0.717, 1.165) is 6.42 Å². The summed E-state index contributed by atoms with van der Waals surface area (Å²) in [5.74, 6) is 0.285. The number of carbonyl (C=O) groups is 1. The van der Waals surface area contributed by atoms with Crippen LogP contribution in [0, 0.1) is 5.92 Å². The fourth-order valence-corrected chi connectivity index (χ4v) is 2.62. The van der Waals surface area contributed by atoms with E-state index < -0.39 is 0 Å². The minimum absolute atomic E-state index is 0.0277. The molecule has 0 N–H and O–H groups in total. The molecule has 1 rings (SSSR count). The van der Waals surface area contributed by atoms with Crippen molar-refractivity contribution in [1.82, 2.24) is 0 Å². The van der Waals surface area contributed by atoms with Gasteiger partial charge in [0.15, 0.2) is 0 Å². The van der Waals surface area contributed by atoms with Crippen molar-refractivity contribution in [3.05, 3.63) is 9.66 Å². The van der Waals surface area contributed by atoms with Crippen LogP contribution >= 0.6 is 22.6 Å². The van der Waals surface area contributed by atoms with Crippen molar-refractivity contribution >= 4 is 28.6 Å². The van der Waals surface area contributed by atoms with E-state index in [1.165, 1.54) is 16.4 Å². The molecule has 0 aliphatic carbocycles. The summed E-state index contributed by atoms with van der Waals surface area (Å²) in [5, 5.41) is 0. The average Bonchev–Trinajstić information content (AvgIpc) is 2.45. The fraction of sp³-hybridized carbons (Fsp3) is 0.727. The first-order chi connectivity index (χ1) is 6.65. The van der Waals surface area contributed by atoms with Gasteiger partial charge in [-0.15, -0.1) is 0 Å². The molecule has 2 atom stereocenters.